The summed E-state index contributed by atoms with van der Waals surface area (Å²) in [6.07, 6.45) is 3.38. The van der Waals surface area contributed by atoms with Crippen LogP contribution in [0.25, 0.3) is 0 Å². The Morgan fingerprint density at radius 3 is 2.68 bits per heavy atom. The van der Waals surface area contributed by atoms with E-state index in [1.54, 1.807) is 0 Å². The molecule has 19 heavy (non-hydrogen) atoms. The molecule has 0 aliphatic heterocycles. The van der Waals surface area contributed by atoms with Crippen molar-refractivity contribution in [3.8, 4) is 5.75 Å². The van der Waals surface area contributed by atoms with Crippen molar-refractivity contribution in [2.75, 3.05) is 6.61 Å². The molecule has 0 bridgehead atoms. The van der Waals surface area contributed by atoms with Gasteiger partial charge in [0.2, 0.25) is 0 Å². The average Bonchev–Trinajstić information content (AvgIpc) is 2.87. The first kappa shape index (κ1) is 13.7. The summed E-state index contributed by atoms with van der Waals surface area (Å²) in [6.45, 7) is 6.16. The van der Waals surface area contributed by atoms with E-state index in [1.807, 2.05) is 31.2 Å². The minimum Gasteiger partial charge on any atom is -0.489 e. The van der Waals surface area contributed by atoms with Crippen LogP contribution in [-0.2, 0) is 10.2 Å². The number of carboxylic acids is 1. The van der Waals surface area contributed by atoms with E-state index in [1.165, 1.54) is 0 Å². The van der Waals surface area contributed by atoms with Gasteiger partial charge in [0.15, 0.2) is 0 Å². The van der Waals surface area contributed by atoms with Crippen LogP contribution in [-0.4, -0.2) is 17.7 Å². The molecule has 0 saturated heterocycles. The number of aliphatic carboxylic acids is 1. The molecule has 2 rings (SSSR count). The van der Waals surface area contributed by atoms with Crippen molar-refractivity contribution in [1.29, 1.82) is 0 Å². The van der Waals surface area contributed by atoms with Gasteiger partial charge >= 0.3 is 5.97 Å². The zero-order valence-corrected chi connectivity index (χ0v) is 11.3. The third kappa shape index (κ3) is 2.80. The number of hydrogen-bond acceptors (Lipinski definition) is 2. The molecule has 1 aromatic rings. The highest BCUT2D eigenvalue weighted by atomic mass is 16.5. The van der Waals surface area contributed by atoms with Crippen molar-refractivity contribution in [2.24, 2.45) is 0 Å². The topological polar surface area (TPSA) is 46.5 Å². The summed E-state index contributed by atoms with van der Waals surface area (Å²) in [4.78, 5) is 11.6. The van der Waals surface area contributed by atoms with Gasteiger partial charge in [-0.25, -0.2) is 0 Å². The lowest BCUT2D eigenvalue weighted by molar-refractivity contribution is -0.143. The number of rotatable bonds is 5. The molecule has 0 unspecified atom stereocenters. The van der Waals surface area contributed by atoms with Crippen LogP contribution in [0.2, 0.25) is 0 Å². The zero-order valence-electron chi connectivity index (χ0n) is 11.3. The van der Waals surface area contributed by atoms with E-state index < -0.39 is 11.4 Å². The Balaban J connectivity index is 2.26. The molecule has 1 fully saturated rings. The maximum atomic E-state index is 11.6. The molecule has 0 atom stereocenters. The minimum atomic E-state index is -0.720. The molecule has 0 spiro atoms. The number of hydrogen-bond donors (Lipinski definition) is 1. The lowest BCUT2D eigenvalue weighted by atomic mass is 9.79. The normalized spacial score (nSPS) is 17.1. The zero-order chi connectivity index (χ0) is 13.9. The molecule has 102 valence electrons. The fraction of sp³-hybridized carbons (Fsp3) is 0.438. The van der Waals surface area contributed by atoms with Gasteiger partial charge in [0.1, 0.15) is 12.4 Å². The fourth-order valence-electron chi connectivity index (χ4n) is 2.69. The van der Waals surface area contributed by atoms with Crippen LogP contribution in [0.3, 0.4) is 0 Å². The van der Waals surface area contributed by atoms with E-state index in [9.17, 15) is 9.90 Å². The van der Waals surface area contributed by atoms with Gasteiger partial charge in [-0.1, -0.05) is 31.6 Å². The van der Waals surface area contributed by atoms with E-state index in [0.29, 0.717) is 25.2 Å². The Kier molecular flexibility index (Phi) is 3.93. The lowest BCUT2D eigenvalue weighted by Crippen LogP contribution is -2.32. The summed E-state index contributed by atoms with van der Waals surface area (Å²) in [6, 6.07) is 7.48. The number of ether oxygens (including phenoxy) is 1. The van der Waals surface area contributed by atoms with Gasteiger partial charge in [-0.3, -0.25) is 4.79 Å². The van der Waals surface area contributed by atoms with Gasteiger partial charge in [0.05, 0.1) is 5.41 Å². The maximum Gasteiger partial charge on any atom is 0.314 e. The highest BCUT2D eigenvalue weighted by molar-refractivity contribution is 5.82. The van der Waals surface area contributed by atoms with Gasteiger partial charge in [-0.2, -0.15) is 0 Å². The van der Waals surface area contributed by atoms with Gasteiger partial charge in [0, 0.05) is 0 Å². The Morgan fingerprint density at radius 2 is 2.11 bits per heavy atom. The van der Waals surface area contributed by atoms with Crippen LogP contribution < -0.4 is 4.74 Å². The third-order valence-corrected chi connectivity index (χ3v) is 3.74. The molecule has 1 N–H and O–H groups in total. The van der Waals surface area contributed by atoms with Gasteiger partial charge in [-0.05, 0) is 43.0 Å². The quantitative estimate of drug-likeness (QED) is 0.824. The lowest BCUT2D eigenvalue weighted by Gasteiger charge is -2.24. The standard InChI is InChI=1S/C16H20O3/c1-12(2)11-19-14-7-5-6-13(10-14)16(15(17)18)8-3-4-9-16/h5-7,10H,1,3-4,8-9,11H2,2H3,(H,17,18). The summed E-state index contributed by atoms with van der Waals surface area (Å²) in [5.74, 6) is -0.00456. The molecule has 1 aliphatic rings. The molecule has 3 nitrogen and oxygen atoms in total. The first-order chi connectivity index (χ1) is 9.04. The predicted molar refractivity (Wildman–Crippen MR) is 74.5 cm³/mol. The van der Waals surface area contributed by atoms with Crippen molar-refractivity contribution >= 4 is 5.97 Å². The molecule has 0 radical (unpaired) electrons. The summed E-state index contributed by atoms with van der Waals surface area (Å²) in [5, 5.41) is 9.57. The summed E-state index contributed by atoms with van der Waals surface area (Å²) in [7, 11) is 0. The number of carbonyl (C=O) groups is 1. The third-order valence-electron chi connectivity index (χ3n) is 3.74. The monoisotopic (exact) mass is 260 g/mol. The Bertz CT molecular complexity index is 485. The van der Waals surface area contributed by atoms with Gasteiger partial charge < -0.3 is 9.84 Å². The SMILES string of the molecule is C=C(C)COc1cccc(C2(C(=O)O)CCCC2)c1. The minimum absolute atomic E-state index is 0.462. The second-order valence-electron chi connectivity index (χ2n) is 5.37. The van der Waals surface area contributed by atoms with Crippen molar-refractivity contribution < 1.29 is 14.6 Å². The molecule has 0 heterocycles. The molecule has 0 amide bonds. The summed E-state index contributed by atoms with van der Waals surface area (Å²) >= 11 is 0. The van der Waals surface area contributed by atoms with E-state index in [4.69, 9.17) is 4.74 Å². The molecular weight excluding hydrogens is 240 g/mol. The van der Waals surface area contributed by atoms with Crippen LogP contribution in [0.15, 0.2) is 36.4 Å². The first-order valence-electron chi connectivity index (χ1n) is 6.66. The van der Waals surface area contributed by atoms with Crippen molar-refractivity contribution in [3.63, 3.8) is 0 Å². The maximum absolute atomic E-state index is 11.6. The molecular formula is C16H20O3. The van der Waals surface area contributed by atoms with Crippen molar-refractivity contribution in [2.45, 2.75) is 38.0 Å². The summed E-state index contributed by atoms with van der Waals surface area (Å²) < 4.78 is 5.60. The Labute approximate surface area is 113 Å². The molecule has 1 aliphatic carbocycles. The smallest absolute Gasteiger partial charge is 0.314 e. The number of benzene rings is 1. The van der Waals surface area contributed by atoms with E-state index in [-0.39, 0.29) is 0 Å². The highest BCUT2D eigenvalue weighted by Gasteiger charge is 2.42. The second kappa shape index (κ2) is 5.47. The van der Waals surface area contributed by atoms with Gasteiger partial charge in [0.25, 0.3) is 0 Å². The Hall–Kier alpha value is -1.77. The van der Waals surface area contributed by atoms with Gasteiger partial charge in [-0.15, -0.1) is 0 Å². The predicted octanol–water partition coefficient (Wildman–Crippen LogP) is 3.54. The first-order valence-corrected chi connectivity index (χ1v) is 6.66. The van der Waals surface area contributed by atoms with Crippen LogP contribution in [0.5, 0.6) is 5.75 Å². The van der Waals surface area contributed by atoms with E-state index in [0.717, 1.165) is 24.0 Å². The van der Waals surface area contributed by atoms with Crippen LogP contribution in [0.1, 0.15) is 38.2 Å². The Morgan fingerprint density at radius 1 is 1.42 bits per heavy atom. The highest BCUT2D eigenvalue weighted by Crippen LogP contribution is 2.42. The van der Waals surface area contributed by atoms with Crippen molar-refractivity contribution in [1.82, 2.24) is 0 Å². The average molecular weight is 260 g/mol. The molecule has 1 aromatic carbocycles. The number of carboxylic acid groups (broad SMARTS) is 1. The summed E-state index contributed by atoms with van der Waals surface area (Å²) in [5.41, 5.74) is 1.08. The van der Waals surface area contributed by atoms with Crippen LogP contribution >= 0.6 is 0 Å². The van der Waals surface area contributed by atoms with E-state index in [2.05, 4.69) is 6.58 Å². The molecule has 0 aromatic heterocycles. The van der Waals surface area contributed by atoms with Crippen molar-refractivity contribution in [3.05, 3.63) is 42.0 Å². The largest absolute Gasteiger partial charge is 0.489 e. The molecule has 1 saturated carbocycles. The molecule has 3 heteroatoms. The van der Waals surface area contributed by atoms with Crippen LogP contribution in [0.4, 0.5) is 0 Å². The fourth-order valence-corrected chi connectivity index (χ4v) is 2.69. The van der Waals surface area contributed by atoms with E-state index >= 15 is 0 Å². The second-order valence-corrected chi connectivity index (χ2v) is 5.37. The van der Waals surface area contributed by atoms with Crippen LogP contribution in [0, 0.1) is 0 Å².